The molecule has 14 heteroatoms. The predicted molar refractivity (Wildman–Crippen MR) is 111 cm³/mol. The van der Waals surface area contributed by atoms with Crippen LogP contribution in [0.2, 0.25) is 0 Å². The van der Waals surface area contributed by atoms with Gasteiger partial charge in [-0.15, -0.1) is 9.19 Å². The van der Waals surface area contributed by atoms with Gasteiger partial charge < -0.3 is 9.57 Å². The Morgan fingerprint density at radius 3 is 2.52 bits per heavy atom. The molecule has 0 saturated heterocycles. The lowest BCUT2D eigenvalue weighted by Gasteiger charge is -2.21. The molecule has 1 aliphatic rings. The molecule has 0 aliphatic heterocycles. The van der Waals surface area contributed by atoms with Crippen molar-refractivity contribution in [3.63, 3.8) is 0 Å². The summed E-state index contributed by atoms with van der Waals surface area (Å²) in [4.78, 5) is 8.68. The van der Waals surface area contributed by atoms with Crippen molar-refractivity contribution in [1.29, 1.82) is 0 Å². The molecule has 0 radical (unpaired) electrons. The zero-order valence-corrected chi connectivity index (χ0v) is 19.2. The molecule has 0 spiro atoms. The second-order valence-corrected chi connectivity index (χ2v) is 10.7. The van der Waals surface area contributed by atoms with Crippen LogP contribution in [-0.4, -0.2) is 86.2 Å². The molecule has 1 aromatic carbocycles. The van der Waals surface area contributed by atoms with Gasteiger partial charge in [-0.1, -0.05) is 17.3 Å². The molecular weight excluding hydrogens is 448 g/mol. The van der Waals surface area contributed by atoms with Gasteiger partial charge in [-0.05, 0) is 25.0 Å². The Kier molecular flexibility index (Phi) is 6.64. The van der Waals surface area contributed by atoms with Gasteiger partial charge in [-0.2, -0.15) is 17.0 Å². The third kappa shape index (κ3) is 4.87. The molecule has 0 bridgehead atoms. The van der Waals surface area contributed by atoms with Gasteiger partial charge in [0, 0.05) is 25.7 Å². The van der Waals surface area contributed by atoms with Crippen LogP contribution in [-0.2, 0) is 25.1 Å². The second kappa shape index (κ2) is 8.90. The monoisotopic (exact) mass is 472 g/mol. The van der Waals surface area contributed by atoms with Crippen LogP contribution >= 0.6 is 0 Å². The van der Waals surface area contributed by atoms with Gasteiger partial charge in [0.1, 0.15) is 24.9 Å². The number of oxime groups is 1. The molecule has 1 aliphatic carbocycles. The zero-order chi connectivity index (χ0) is 22.8. The van der Waals surface area contributed by atoms with E-state index in [9.17, 15) is 16.8 Å². The molecule has 170 valence electrons. The average molecular weight is 473 g/mol. The summed E-state index contributed by atoms with van der Waals surface area (Å²) in [7, 11) is -2.68. The summed E-state index contributed by atoms with van der Waals surface area (Å²) in [5.41, 5.74) is 0.980. The van der Waals surface area contributed by atoms with Crippen molar-refractivity contribution in [2.45, 2.75) is 24.0 Å². The van der Waals surface area contributed by atoms with E-state index in [-0.39, 0.29) is 12.6 Å². The molecule has 31 heavy (non-hydrogen) atoms. The second-order valence-electron chi connectivity index (χ2n) is 6.92. The maximum absolute atomic E-state index is 13.3. The van der Waals surface area contributed by atoms with Gasteiger partial charge in [0.15, 0.2) is 0 Å². The van der Waals surface area contributed by atoms with E-state index in [0.29, 0.717) is 34.0 Å². The van der Waals surface area contributed by atoms with E-state index in [1.54, 1.807) is 24.3 Å². The minimum absolute atomic E-state index is 0.108. The Balaban J connectivity index is 1.96. The first-order chi connectivity index (χ1) is 14.6. The number of nitrogens with zero attached hydrogens (tertiary/aromatic N) is 6. The van der Waals surface area contributed by atoms with Crippen molar-refractivity contribution in [2.24, 2.45) is 5.16 Å². The highest BCUT2D eigenvalue weighted by atomic mass is 32.2. The summed E-state index contributed by atoms with van der Waals surface area (Å²) in [6.07, 6.45) is 2.18. The molecule has 1 saturated carbocycles. The third-order valence-corrected chi connectivity index (χ3v) is 7.82. The normalized spacial score (nSPS) is 15.5. The highest BCUT2D eigenvalue weighted by Gasteiger charge is 2.41. The zero-order valence-electron chi connectivity index (χ0n) is 17.5. The van der Waals surface area contributed by atoms with Crippen LogP contribution in [0.5, 0.6) is 5.75 Å². The van der Waals surface area contributed by atoms with Crippen molar-refractivity contribution in [2.75, 3.05) is 34.9 Å². The van der Waals surface area contributed by atoms with E-state index in [1.807, 2.05) is 0 Å². The molecule has 1 heterocycles. The van der Waals surface area contributed by atoms with Crippen molar-refractivity contribution in [3.8, 4) is 5.75 Å². The minimum atomic E-state index is -4.20. The van der Waals surface area contributed by atoms with E-state index in [1.165, 1.54) is 32.6 Å². The maximum Gasteiger partial charge on any atom is 0.323 e. The molecule has 0 amide bonds. The Bertz CT molecular complexity index is 1170. The van der Waals surface area contributed by atoms with Crippen molar-refractivity contribution < 1.29 is 26.4 Å². The highest BCUT2D eigenvalue weighted by molar-refractivity contribution is 7.89. The number of methoxy groups -OCH3 is 1. The lowest BCUT2D eigenvalue weighted by molar-refractivity contribution is 0.212. The molecule has 3 rings (SSSR count). The molecule has 0 unspecified atom stereocenters. The first kappa shape index (κ1) is 23.1. The van der Waals surface area contributed by atoms with E-state index in [2.05, 4.69) is 15.2 Å². The van der Waals surface area contributed by atoms with Gasteiger partial charge in [-0.3, -0.25) is 0 Å². The molecule has 2 aromatic rings. The summed E-state index contributed by atoms with van der Waals surface area (Å²) < 4.78 is 58.9. The molecule has 1 aromatic heterocycles. The summed E-state index contributed by atoms with van der Waals surface area (Å²) in [5, 5.41) is 7.11. The number of aromatic nitrogens is 3. The summed E-state index contributed by atoms with van der Waals surface area (Å²) in [6, 6.07) is 6.71. The van der Waals surface area contributed by atoms with Gasteiger partial charge in [-0.25, -0.2) is 13.4 Å². The Hall–Kier alpha value is -2.55. The van der Waals surface area contributed by atoms with Crippen LogP contribution in [0.4, 0.5) is 0 Å². The minimum Gasteiger partial charge on any atom is -0.497 e. The molecule has 0 atom stereocenters. The maximum atomic E-state index is 13.3. The van der Waals surface area contributed by atoms with Crippen molar-refractivity contribution in [3.05, 3.63) is 36.2 Å². The fourth-order valence-corrected chi connectivity index (χ4v) is 4.95. The Labute approximate surface area is 181 Å². The van der Waals surface area contributed by atoms with Crippen LogP contribution in [0.1, 0.15) is 18.4 Å². The number of hydrogen-bond donors (Lipinski definition) is 0. The number of benzene rings is 1. The summed E-state index contributed by atoms with van der Waals surface area (Å²) in [5.74, 6) is 0.580. The van der Waals surface area contributed by atoms with E-state index < -0.39 is 25.4 Å². The summed E-state index contributed by atoms with van der Waals surface area (Å²) in [6.45, 7) is -0.108. The lowest BCUT2D eigenvalue weighted by Crippen LogP contribution is -2.38. The van der Waals surface area contributed by atoms with E-state index in [4.69, 9.17) is 9.57 Å². The number of hydrogen-bond acceptors (Lipinski definition) is 9. The first-order valence-electron chi connectivity index (χ1n) is 9.22. The Morgan fingerprint density at radius 2 is 1.94 bits per heavy atom. The van der Waals surface area contributed by atoms with Gasteiger partial charge in [0.2, 0.25) is 0 Å². The molecule has 1 fully saturated rings. The quantitative estimate of drug-likeness (QED) is 0.352. The van der Waals surface area contributed by atoms with Crippen LogP contribution in [0.3, 0.4) is 0 Å². The number of ether oxygens (including phenoxy) is 1. The standard InChI is InChI=1S/C17H24N6O6S2/c1-21(2)31(26,27)23-12-18-17(19-23)30(24,25)22(14-8-9-14)11-16(20-29-4)13-6-5-7-15(10-13)28-3/h5-7,10,12,14H,8-9,11H2,1-4H3/b20-16+. The van der Waals surface area contributed by atoms with Gasteiger partial charge in [0.25, 0.3) is 15.2 Å². The first-order valence-corrected chi connectivity index (χ1v) is 12.1. The topological polar surface area (TPSA) is 136 Å². The molecular formula is C17H24N6O6S2. The molecule has 0 N–H and O–H groups in total. The van der Waals surface area contributed by atoms with Gasteiger partial charge in [0.05, 0.1) is 13.7 Å². The van der Waals surface area contributed by atoms with Crippen molar-refractivity contribution in [1.82, 2.24) is 22.8 Å². The predicted octanol–water partition coefficient (Wildman–Crippen LogP) is 0.145. The third-order valence-electron chi connectivity index (χ3n) is 4.55. The number of sulfonamides is 1. The molecule has 12 nitrogen and oxygen atoms in total. The SMILES string of the molecule is CO/N=C(\CN(C1CC1)S(=O)(=O)c1ncn(S(=O)(=O)N(C)C)n1)c1cccc(OC)c1. The lowest BCUT2D eigenvalue weighted by atomic mass is 10.1. The van der Waals surface area contributed by atoms with Crippen molar-refractivity contribution >= 4 is 25.9 Å². The van der Waals surface area contributed by atoms with E-state index in [0.717, 1.165) is 10.6 Å². The summed E-state index contributed by atoms with van der Waals surface area (Å²) >= 11 is 0. The fraction of sp³-hybridized carbons (Fsp3) is 0.471. The van der Waals surface area contributed by atoms with Crippen LogP contribution in [0.25, 0.3) is 0 Å². The average Bonchev–Trinajstić information content (AvgIpc) is 3.43. The van der Waals surface area contributed by atoms with E-state index >= 15 is 0 Å². The Morgan fingerprint density at radius 1 is 1.23 bits per heavy atom. The number of rotatable bonds is 10. The van der Waals surface area contributed by atoms with Gasteiger partial charge >= 0.3 is 10.2 Å². The largest absolute Gasteiger partial charge is 0.497 e. The van der Waals surface area contributed by atoms with Crippen LogP contribution in [0, 0.1) is 0 Å². The van der Waals surface area contributed by atoms with Crippen LogP contribution < -0.4 is 4.74 Å². The van der Waals surface area contributed by atoms with Crippen LogP contribution in [0.15, 0.2) is 40.9 Å². The smallest absolute Gasteiger partial charge is 0.323 e. The fourth-order valence-electron chi connectivity index (χ4n) is 2.74. The highest BCUT2D eigenvalue weighted by Crippen LogP contribution is 2.31.